The molecule has 10 atom stereocenters. The van der Waals surface area contributed by atoms with Gasteiger partial charge in [-0.3, -0.25) is 4.79 Å². The molecule has 3 unspecified atom stereocenters. The van der Waals surface area contributed by atoms with Crippen LogP contribution in [0.3, 0.4) is 0 Å². The predicted molar refractivity (Wildman–Crippen MR) is 126 cm³/mol. The summed E-state index contributed by atoms with van der Waals surface area (Å²) in [6, 6.07) is 0. The van der Waals surface area contributed by atoms with Crippen LogP contribution < -0.4 is 0 Å². The second-order valence-corrected chi connectivity index (χ2v) is 12.7. The van der Waals surface area contributed by atoms with Crippen molar-refractivity contribution >= 4 is 5.78 Å². The van der Waals surface area contributed by atoms with Crippen molar-refractivity contribution in [2.24, 2.45) is 34.5 Å². The Kier molecular flexibility index (Phi) is 6.66. The average Bonchev–Trinajstić information content (AvgIpc) is 3.01. The minimum absolute atomic E-state index is 0.0191. The van der Waals surface area contributed by atoms with Crippen LogP contribution in [0.4, 0.5) is 0 Å². The van der Waals surface area contributed by atoms with Crippen LogP contribution in [0.15, 0.2) is 11.6 Å². The fraction of sp³-hybridized carbons (Fsp3) is 0.889. The SMILES string of the molecule is CC(CCCC(C)(O)C(O)O)[C@H]1CC[C@@]2(O)C3=CC(=O)[C@@H]4C[C@@H](O)[C@@H](O)C[C@]4(C)C3CC[C@]12C. The highest BCUT2D eigenvalue weighted by molar-refractivity contribution is 5.95. The Bertz CT molecular complexity index is 837. The molecule has 0 radical (unpaired) electrons. The fourth-order valence-electron chi connectivity index (χ4n) is 8.44. The zero-order valence-corrected chi connectivity index (χ0v) is 21.1. The average molecular weight is 481 g/mol. The van der Waals surface area contributed by atoms with E-state index in [-0.39, 0.29) is 41.3 Å². The van der Waals surface area contributed by atoms with Gasteiger partial charge in [-0.2, -0.15) is 0 Å². The van der Waals surface area contributed by atoms with Gasteiger partial charge in [0.1, 0.15) is 5.60 Å². The van der Waals surface area contributed by atoms with Crippen molar-refractivity contribution in [3.05, 3.63) is 11.6 Å². The van der Waals surface area contributed by atoms with E-state index in [1.807, 2.05) is 0 Å². The number of aliphatic hydroxyl groups is 6. The molecule has 0 bridgehead atoms. The highest BCUT2D eigenvalue weighted by Crippen LogP contribution is 2.68. The number of allylic oxidation sites excluding steroid dienone is 1. The van der Waals surface area contributed by atoms with Crippen LogP contribution in [0.5, 0.6) is 0 Å². The third-order valence-corrected chi connectivity index (χ3v) is 10.8. The zero-order chi connectivity index (χ0) is 25.3. The van der Waals surface area contributed by atoms with Gasteiger partial charge in [0.15, 0.2) is 12.1 Å². The Morgan fingerprint density at radius 1 is 1.12 bits per heavy atom. The Balaban J connectivity index is 1.56. The van der Waals surface area contributed by atoms with Crippen molar-refractivity contribution in [1.29, 1.82) is 0 Å². The van der Waals surface area contributed by atoms with Gasteiger partial charge in [-0.1, -0.05) is 33.6 Å². The molecular weight excluding hydrogens is 436 g/mol. The van der Waals surface area contributed by atoms with E-state index in [1.165, 1.54) is 6.92 Å². The summed E-state index contributed by atoms with van der Waals surface area (Å²) < 4.78 is 0. The summed E-state index contributed by atoms with van der Waals surface area (Å²) >= 11 is 0. The first-order valence-electron chi connectivity index (χ1n) is 13.1. The van der Waals surface area contributed by atoms with E-state index in [0.717, 1.165) is 31.3 Å². The fourth-order valence-corrected chi connectivity index (χ4v) is 8.44. The van der Waals surface area contributed by atoms with Crippen LogP contribution >= 0.6 is 0 Å². The van der Waals surface area contributed by atoms with Gasteiger partial charge in [0, 0.05) is 11.3 Å². The number of carbonyl (C=O) groups is 1. The number of aliphatic hydroxyl groups excluding tert-OH is 3. The lowest BCUT2D eigenvalue weighted by atomic mass is 9.46. The van der Waals surface area contributed by atoms with Crippen LogP contribution in [0.1, 0.15) is 85.5 Å². The van der Waals surface area contributed by atoms with E-state index >= 15 is 0 Å². The molecule has 0 heterocycles. The van der Waals surface area contributed by atoms with Gasteiger partial charge in [-0.05, 0) is 86.7 Å². The molecule has 7 heteroatoms. The van der Waals surface area contributed by atoms with Gasteiger partial charge in [0.2, 0.25) is 0 Å². The summed E-state index contributed by atoms with van der Waals surface area (Å²) in [7, 11) is 0. The van der Waals surface area contributed by atoms with Gasteiger partial charge in [-0.15, -0.1) is 0 Å². The van der Waals surface area contributed by atoms with Crippen molar-refractivity contribution < 1.29 is 35.4 Å². The number of hydrogen-bond acceptors (Lipinski definition) is 7. The molecule has 6 N–H and O–H groups in total. The van der Waals surface area contributed by atoms with Crippen LogP contribution in [0, 0.1) is 34.5 Å². The van der Waals surface area contributed by atoms with E-state index in [1.54, 1.807) is 6.08 Å². The molecule has 34 heavy (non-hydrogen) atoms. The minimum Gasteiger partial charge on any atom is -0.390 e. The molecule has 0 aromatic rings. The number of rotatable bonds is 6. The third kappa shape index (κ3) is 3.82. The molecule has 0 aromatic carbocycles. The van der Waals surface area contributed by atoms with Crippen LogP contribution in [-0.4, -0.2) is 66.1 Å². The van der Waals surface area contributed by atoms with E-state index in [9.17, 15) is 35.4 Å². The Hall–Kier alpha value is -0.830. The summed E-state index contributed by atoms with van der Waals surface area (Å²) in [6.07, 6.45) is 3.74. The monoisotopic (exact) mass is 480 g/mol. The second-order valence-electron chi connectivity index (χ2n) is 12.7. The third-order valence-electron chi connectivity index (χ3n) is 10.8. The summed E-state index contributed by atoms with van der Waals surface area (Å²) in [5, 5.41) is 61.8. The maximum Gasteiger partial charge on any atom is 0.180 e. The first-order valence-corrected chi connectivity index (χ1v) is 13.1. The van der Waals surface area contributed by atoms with Gasteiger partial charge in [-0.25, -0.2) is 0 Å². The summed E-state index contributed by atoms with van der Waals surface area (Å²) in [5.41, 5.74) is -2.59. The molecule has 3 fully saturated rings. The molecule has 0 spiro atoms. The molecule has 0 saturated heterocycles. The first-order chi connectivity index (χ1) is 15.7. The van der Waals surface area contributed by atoms with Gasteiger partial charge >= 0.3 is 0 Å². The van der Waals surface area contributed by atoms with E-state index in [4.69, 9.17) is 0 Å². The molecule has 4 rings (SSSR count). The molecular formula is C27H44O7. The lowest BCUT2D eigenvalue weighted by Gasteiger charge is -2.60. The largest absolute Gasteiger partial charge is 0.390 e. The molecule has 0 amide bonds. The number of hydrogen-bond donors (Lipinski definition) is 6. The van der Waals surface area contributed by atoms with E-state index in [2.05, 4.69) is 20.8 Å². The quantitative estimate of drug-likeness (QED) is 0.320. The van der Waals surface area contributed by atoms with Gasteiger partial charge in [0.25, 0.3) is 0 Å². The zero-order valence-electron chi connectivity index (χ0n) is 21.1. The molecule has 0 aromatic heterocycles. The van der Waals surface area contributed by atoms with Crippen molar-refractivity contribution in [2.45, 2.75) is 115 Å². The van der Waals surface area contributed by atoms with Crippen LogP contribution in [-0.2, 0) is 4.79 Å². The Morgan fingerprint density at radius 2 is 1.79 bits per heavy atom. The van der Waals surface area contributed by atoms with E-state index in [0.29, 0.717) is 25.7 Å². The normalized spacial score (nSPS) is 46.9. The lowest BCUT2D eigenvalue weighted by molar-refractivity contribution is -0.179. The molecule has 7 nitrogen and oxygen atoms in total. The number of carbonyl (C=O) groups excluding carboxylic acids is 1. The van der Waals surface area contributed by atoms with Crippen molar-refractivity contribution in [3.63, 3.8) is 0 Å². The van der Waals surface area contributed by atoms with E-state index < -0.39 is 35.1 Å². The standard InChI is InChI=1S/C27H44O7/c1-15(6-5-9-26(4,33)23(31)32)16-8-11-27(34)18-12-20(28)19-13-21(29)22(30)14-24(19,2)17(18)7-10-25(16,27)3/h12,15-17,19,21-23,29-34H,5-11,13-14H2,1-4H3/t15?,16-,17?,19+,21-,22+,24-,25-,26?,27-/m1/s1. The molecule has 0 aliphatic heterocycles. The number of ketones is 1. The molecule has 4 aliphatic carbocycles. The maximum atomic E-state index is 13.2. The summed E-state index contributed by atoms with van der Waals surface area (Å²) in [5.74, 6) is 0.197. The van der Waals surface area contributed by atoms with Crippen molar-refractivity contribution in [2.75, 3.05) is 0 Å². The summed E-state index contributed by atoms with van der Waals surface area (Å²) in [4.78, 5) is 13.2. The van der Waals surface area contributed by atoms with Crippen LogP contribution in [0.25, 0.3) is 0 Å². The Labute approximate surface area is 202 Å². The number of fused-ring (bicyclic) bond motifs is 5. The van der Waals surface area contributed by atoms with Gasteiger partial charge in [0.05, 0.1) is 17.8 Å². The molecule has 194 valence electrons. The minimum atomic E-state index is -1.77. The van der Waals surface area contributed by atoms with Crippen molar-refractivity contribution in [1.82, 2.24) is 0 Å². The maximum absolute atomic E-state index is 13.2. The lowest BCUT2D eigenvalue weighted by Crippen LogP contribution is -2.60. The second kappa shape index (κ2) is 8.63. The first kappa shape index (κ1) is 26.2. The van der Waals surface area contributed by atoms with Crippen LogP contribution in [0.2, 0.25) is 0 Å². The molecule has 3 saturated carbocycles. The predicted octanol–water partition coefficient (Wildman–Crippen LogP) is 2.06. The molecule has 4 aliphatic rings. The summed E-state index contributed by atoms with van der Waals surface area (Å²) in [6.45, 7) is 7.82. The smallest absolute Gasteiger partial charge is 0.180 e. The topological polar surface area (TPSA) is 138 Å². The van der Waals surface area contributed by atoms with Gasteiger partial charge < -0.3 is 30.6 Å². The highest BCUT2D eigenvalue weighted by Gasteiger charge is 2.66. The highest BCUT2D eigenvalue weighted by atomic mass is 16.5. The Morgan fingerprint density at radius 3 is 2.44 bits per heavy atom. The van der Waals surface area contributed by atoms with Crippen molar-refractivity contribution in [3.8, 4) is 0 Å².